The van der Waals surface area contributed by atoms with Gasteiger partial charge in [0.05, 0.1) is 98.2 Å². The van der Waals surface area contributed by atoms with E-state index in [0.29, 0.717) is 5.75 Å². The number of hydrogen-bond acceptors (Lipinski definition) is 35. The summed E-state index contributed by atoms with van der Waals surface area (Å²) in [5, 5.41) is 32.4. The van der Waals surface area contributed by atoms with Crippen LogP contribution in [0.15, 0.2) is 206 Å². The maximum absolute atomic E-state index is 13.6. The highest BCUT2D eigenvalue weighted by Gasteiger charge is 2.59. The van der Waals surface area contributed by atoms with E-state index in [9.17, 15) is 57.3 Å². The van der Waals surface area contributed by atoms with Crippen LogP contribution in [-0.4, -0.2) is 197 Å². The molecule has 7 aromatic rings. The number of aliphatic hydroxyl groups is 3. The Kier molecular flexibility index (Phi) is 45.8. The summed E-state index contributed by atoms with van der Waals surface area (Å²) >= 11 is 0. The lowest BCUT2D eigenvalue weighted by Gasteiger charge is -2.45. The number of carbonyl (C=O) groups excluding carboxylic acids is 4. The topological polar surface area (TPSA) is 427 Å². The van der Waals surface area contributed by atoms with Crippen molar-refractivity contribution in [2.75, 3.05) is 60.2 Å². The second-order valence-electron chi connectivity index (χ2n) is 36.6. The molecule has 780 valence electrons. The maximum atomic E-state index is 13.6. The molecule has 12 rings (SSSR count). The summed E-state index contributed by atoms with van der Waals surface area (Å²) in [6, 6.07) is 62.6. The van der Waals surface area contributed by atoms with Gasteiger partial charge < -0.3 is 104 Å². The summed E-state index contributed by atoms with van der Waals surface area (Å²) in [5.41, 5.74) is 5.10. The molecule has 0 bridgehead atoms. The Labute approximate surface area is 827 Å². The van der Waals surface area contributed by atoms with Gasteiger partial charge in [-0.25, -0.2) is 9.13 Å². The Bertz CT molecular complexity index is 5150. The van der Waals surface area contributed by atoms with Crippen LogP contribution in [0.3, 0.4) is 0 Å². The molecule has 3 N–H and O–H groups in total. The average Bonchev–Trinajstić information content (AvgIpc) is 1.63. The molecule has 0 amide bonds. The lowest BCUT2D eigenvalue weighted by atomic mass is 9.79. The van der Waals surface area contributed by atoms with E-state index in [1.807, 2.05) is 244 Å². The minimum absolute atomic E-state index is 0.00725. The van der Waals surface area contributed by atoms with Crippen molar-refractivity contribution in [2.45, 2.75) is 242 Å². The van der Waals surface area contributed by atoms with Crippen LogP contribution >= 0.6 is 38.2 Å². The van der Waals surface area contributed by atoms with Gasteiger partial charge in [0.15, 0.2) is 36.7 Å². The molecule has 7 aromatic carbocycles. The first-order chi connectivity index (χ1) is 66.6. The van der Waals surface area contributed by atoms with E-state index >= 15 is 0 Å². The Hall–Kier alpha value is -7.63. The molecular formula is C101H141O35P5. The van der Waals surface area contributed by atoms with Crippen molar-refractivity contribution in [2.24, 2.45) is 53.3 Å². The highest BCUT2D eigenvalue weighted by Crippen LogP contribution is 2.55. The summed E-state index contributed by atoms with van der Waals surface area (Å²) in [5.74, 6) is -2.92. The summed E-state index contributed by atoms with van der Waals surface area (Å²) < 4.78 is 195. The molecule has 35 nitrogen and oxygen atoms in total. The molecule has 5 aliphatic heterocycles. The fourth-order valence-corrected chi connectivity index (χ4v) is 21.4. The Morgan fingerprint density at radius 3 is 1.06 bits per heavy atom. The van der Waals surface area contributed by atoms with Gasteiger partial charge in [0.2, 0.25) is 12.6 Å². The Balaban J connectivity index is 0.000000213. The van der Waals surface area contributed by atoms with Crippen molar-refractivity contribution < 1.29 is 164 Å². The first-order valence-corrected chi connectivity index (χ1v) is 56.3. The second-order valence-corrected chi connectivity index (χ2v) is 46.4. The minimum Gasteiger partial charge on any atom is -0.497 e. The molecule has 0 radical (unpaired) electrons. The molecule has 141 heavy (non-hydrogen) atoms. The number of phosphoric acid groups is 1. The highest BCUT2D eigenvalue weighted by atomic mass is 31.2. The molecule has 5 heterocycles. The zero-order chi connectivity index (χ0) is 103. The van der Waals surface area contributed by atoms with Crippen molar-refractivity contribution in [3.05, 3.63) is 240 Å². The molecule has 0 aromatic heterocycles. The lowest BCUT2D eigenvalue weighted by Crippen LogP contribution is -2.54. The zero-order valence-corrected chi connectivity index (χ0v) is 88.2. The van der Waals surface area contributed by atoms with Crippen LogP contribution in [0.5, 0.6) is 11.5 Å². The van der Waals surface area contributed by atoms with Crippen molar-refractivity contribution in [3.8, 4) is 11.5 Å². The molecule has 0 spiro atoms. The third-order valence-corrected chi connectivity index (χ3v) is 30.5. The summed E-state index contributed by atoms with van der Waals surface area (Å²) in [4.78, 5) is 46.1. The number of fused-ring (bicyclic) bond motifs is 1. The third-order valence-electron chi connectivity index (χ3n) is 24.3. The van der Waals surface area contributed by atoms with Crippen LogP contribution in [-0.2, 0) is 179 Å². The molecule has 5 aliphatic rings. The maximum Gasteiger partial charge on any atom is 0.475 e. The van der Waals surface area contributed by atoms with E-state index in [1.165, 1.54) is 54.4 Å². The van der Waals surface area contributed by atoms with E-state index in [4.69, 9.17) is 107 Å². The normalized spacial score (nSPS) is 27.4. The van der Waals surface area contributed by atoms with Crippen molar-refractivity contribution in [3.63, 3.8) is 0 Å². The lowest BCUT2D eigenvalue weighted by molar-refractivity contribution is -0.274. The van der Waals surface area contributed by atoms with Crippen LogP contribution in [0.4, 0.5) is 0 Å². The molecule has 40 heteroatoms. The molecule has 5 saturated heterocycles. The van der Waals surface area contributed by atoms with Crippen LogP contribution in [0.1, 0.15) is 137 Å². The van der Waals surface area contributed by atoms with Gasteiger partial charge in [0.25, 0.3) is 0 Å². The Morgan fingerprint density at radius 1 is 0.355 bits per heavy atom. The van der Waals surface area contributed by atoms with Gasteiger partial charge >= 0.3 is 62.1 Å². The van der Waals surface area contributed by atoms with E-state index in [-0.39, 0.29) is 125 Å². The number of para-hydroxylation sites is 1. The largest absolute Gasteiger partial charge is 0.497 e. The number of esters is 4. The predicted octanol–water partition coefficient (Wildman–Crippen LogP) is 19.0. The first-order valence-electron chi connectivity index (χ1n) is 46.9. The van der Waals surface area contributed by atoms with E-state index in [2.05, 4.69) is 0 Å². The number of ether oxygens (including phenoxy) is 12. The average molecular weight is 2070 g/mol. The monoisotopic (exact) mass is 2070 g/mol. The number of carbonyl (C=O) groups is 4. The van der Waals surface area contributed by atoms with Gasteiger partial charge in [-0.2, -0.15) is 0 Å². The Morgan fingerprint density at radius 2 is 0.681 bits per heavy atom. The van der Waals surface area contributed by atoms with Crippen molar-refractivity contribution in [1.29, 1.82) is 0 Å². The van der Waals surface area contributed by atoms with Crippen molar-refractivity contribution in [1.82, 2.24) is 0 Å². The van der Waals surface area contributed by atoms with Gasteiger partial charge in [0, 0.05) is 83.2 Å². The second kappa shape index (κ2) is 55.2. The molecule has 12 unspecified atom stereocenters. The first kappa shape index (κ1) is 117. The molecule has 0 aliphatic carbocycles. The van der Waals surface area contributed by atoms with Gasteiger partial charge in [0.1, 0.15) is 42.0 Å². The van der Waals surface area contributed by atoms with E-state index < -0.39 is 155 Å². The SMILES string of the molecule is CC(=O)OC1C(O)OC([C@H](C)COP(C)(=O)OCc2ccccc2)[C@@H](C)[C@@H]1C.CC(=O)OC1[C@@H](OC(C)=O)OC([C@H](C)COP(C)(=O)OCc2ccccc2)[C@@H](C)[C@@H]1C.CC(=O)OC1[C@H](OP(C)(=O)Oc2ccccc2)OC([C@H](C)COP(C)(=O)OCc2ccccc2)[C@@H](C)[C@@H]1C.COc1ccc(CO[C@H]2O[C@H]([C@H](O)[C@H](O)COP(=O)(OCc3ccccc3)OCc3ccccc3)[C@H]3OC(C)(C)OC23)cc1. The quantitative estimate of drug-likeness (QED) is 0.0181. The van der Waals surface area contributed by atoms with Crippen LogP contribution in [0.2, 0.25) is 0 Å². The van der Waals surface area contributed by atoms with Crippen LogP contribution in [0.25, 0.3) is 0 Å². The van der Waals surface area contributed by atoms with Gasteiger partial charge in [-0.3, -0.25) is 51.0 Å². The van der Waals surface area contributed by atoms with Gasteiger partial charge in [-0.15, -0.1) is 0 Å². The number of benzene rings is 7. The number of hydrogen-bond donors (Lipinski definition) is 3. The summed E-state index contributed by atoms with van der Waals surface area (Å²) in [7, 11) is -16.1. The summed E-state index contributed by atoms with van der Waals surface area (Å²) in [6.45, 7) is 32.3. The third kappa shape index (κ3) is 38.0. The summed E-state index contributed by atoms with van der Waals surface area (Å²) in [6.07, 6.45) is -13.1. The minimum atomic E-state index is -4.18. The predicted molar refractivity (Wildman–Crippen MR) is 521 cm³/mol. The number of methoxy groups -OCH3 is 1. The fraction of sp³-hybridized carbons (Fsp3) is 0.545. The molecule has 28 atom stereocenters. The standard InChI is InChI=1S/C32H39O11P.C27H38O9P2.C22H33O8P.C20H31O7P/c1-32(2)42-29-28(41-31(30(29)43-32)37-18-24-14-16-25(36-3)17-15-24)27(34)26(33)21-40-44(35,38-19-22-10-6-4-7-11-22)39-20-23-12-8-5-9-13-23;1-19(17-31-37(5,29)32-18-23-13-9-7-10-14-23)25-20(2)21(3)26(33-22(4)28)27(34-25)36-38(6,30)35-24-15-11-8-12-16-24;1-14(12-26-31(6,25)27-13-19-10-8-7-9-11-19)20-15(2)16(3)21(28-17(4)23)22(30-20)29-18(5)24;1-13(11-24-28(5,23)25-12-17-9-7-6-8-10-17)18-14(2)15(3)19(20(22)27-18)26-16(4)21/h4-17,26-31,33-34H,18-21H2,1-3H3;7-16,19-21,25-27H,17-18H2,1-6H3;7-11,14-16,20-22H,12-13H2,1-6H3;6-10,13-15,18-20,22H,11-12H2,1-5H3/t26-,27-,28-,29-,30?,31+;19-,20+,21+,25?,26?,27+,37?,38?;14-,15+,16+,20?,21?,22+,31?;13-,14+,15+,18?,19?,20?,28?/m1111/s1. The van der Waals surface area contributed by atoms with Crippen LogP contribution in [0, 0.1) is 53.3 Å². The van der Waals surface area contributed by atoms with E-state index in [1.54, 1.807) is 45.2 Å². The van der Waals surface area contributed by atoms with Crippen LogP contribution < -0.4 is 9.26 Å². The van der Waals surface area contributed by atoms with Crippen molar-refractivity contribution >= 4 is 62.1 Å². The van der Waals surface area contributed by atoms with E-state index in [0.717, 1.165) is 39.1 Å². The zero-order valence-electron chi connectivity index (χ0n) is 83.7. The molecule has 0 saturated carbocycles. The molecule has 5 fully saturated rings. The molecular weight excluding hydrogens is 1930 g/mol. The highest BCUT2D eigenvalue weighted by molar-refractivity contribution is 7.54. The number of phosphoric ester groups is 1. The number of rotatable bonds is 44. The number of aliphatic hydroxyl groups excluding tert-OH is 3. The smallest absolute Gasteiger partial charge is 0.475 e. The fourth-order valence-electron chi connectivity index (χ4n) is 16.3. The van der Waals surface area contributed by atoms with Gasteiger partial charge in [-0.1, -0.05) is 244 Å². The van der Waals surface area contributed by atoms with Gasteiger partial charge in [-0.05, 0) is 89.2 Å².